The number of aromatic nitrogens is 4. The third-order valence-electron chi connectivity index (χ3n) is 9.02. The molecule has 2 aliphatic heterocycles. The summed E-state index contributed by atoms with van der Waals surface area (Å²) in [6, 6.07) is 11.6. The number of amides is 1. The smallest absolute Gasteiger partial charge is 0.264 e. The summed E-state index contributed by atoms with van der Waals surface area (Å²) < 4.78 is 41.9. The molecular weight excluding hydrogens is 629 g/mol. The number of carbonyl (C=O) groups is 1. The molecule has 4 heterocycles. The number of hydrogen-bond donors (Lipinski definition) is 1. The van der Waals surface area contributed by atoms with Crippen LogP contribution in [0.15, 0.2) is 59.8 Å². The molecule has 0 saturated carbocycles. The molecule has 2 aliphatic rings. The standard InChI is InChI=1S/C36H42N6O5S/c1-22(2)16-29-21-47-34-25(5)33(32-23(3)8-6-9-24(32)4)39-36(40-34)41-48(44,45)30-11-7-10-27(17-30)35(43)42(29)20-31-37-18-28(19-38-31)26-12-14-46-15-13-26/h6-11,17-19,22,26,29H,12-16,20-21H2,1-5H3,(H,39,40,41)/t29-/m1/s1. The predicted octanol–water partition coefficient (Wildman–Crippen LogP) is 6.00. The number of carbonyl (C=O) groups excluding carboxylic acids is 1. The van der Waals surface area contributed by atoms with Crippen LogP contribution in [0.25, 0.3) is 11.3 Å². The zero-order valence-corrected chi connectivity index (χ0v) is 28.9. The van der Waals surface area contributed by atoms with E-state index in [9.17, 15) is 13.2 Å². The number of anilines is 1. The Morgan fingerprint density at radius 1 is 0.979 bits per heavy atom. The van der Waals surface area contributed by atoms with Crippen LogP contribution < -0.4 is 9.46 Å². The fraction of sp³-hybridized carbons (Fsp3) is 0.417. The van der Waals surface area contributed by atoms with Crippen LogP contribution in [-0.4, -0.2) is 65.0 Å². The second-order valence-corrected chi connectivity index (χ2v) is 14.8. The van der Waals surface area contributed by atoms with Gasteiger partial charge in [-0.05, 0) is 86.8 Å². The largest absolute Gasteiger partial charge is 0.475 e. The van der Waals surface area contributed by atoms with Gasteiger partial charge in [-0.3, -0.25) is 4.79 Å². The van der Waals surface area contributed by atoms with Gasteiger partial charge in [0, 0.05) is 42.3 Å². The number of ether oxygens (including phenoxy) is 2. The van der Waals surface area contributed by atoms with Crippen LogP contribution in [-0.2, 0) is 21.3 Å². The summed E-state index contributed by atoms with van der Waals surface area (Å²) in [5, 5.41) is 0. The number of sulfonamides is 1. The van der Waals surface area contributed by atoms with Crippen molar-refractivity contribution in [1.82, 2.24) is 24.8 Å². The Labute approximate surface area is 282 Å². The van der Waals surface area contributed by atoms with Crippen LogP contribution in [0, 0.1) is 26.7 Å². The van der Waals surface area contributed by atoms with Crippen molar-refractivity contribution in [3.63, 3.8) is 0 Å². The minimum absolute atomic E-state index is 0.0784. The third kappa shape index (κ3) is 7.19. The monoisotopic (exact) mass is 670 g/mol. The molecule has 1 amide bonds. The van der Waals surface area contributed by atoms with Crippen molar-refractivity contribution < 1.29 is 22.7 Å². The first-order valence-corrected chi connectivity index (χ1v) is 17.9. The number of benzene rings is 2. The van der Waals surface area contributed by atoms with E-state index in [-0.39, 0.29) is 47.3 Å². The fourth-order valence-corrected chi connectivity index (χ4v) is 7.46. The number of aryl methyl sites for hydroxylation is 2. The van der Waals surface area contributed by atoms with Crippen LogP contribution in [0.5, 0.6) is 5.88 Å². The maximum atomic E-state index is 14.4. The number of nitrogens with zero attached hydrogens (tertiary/aromatic N) is 5. The van der Waals surface area contributed by atoms with Gasteiger partial charge in [-0.25, -0.2) is 28.1 Å². The lowest BCUT2D eigenvalue weighted by Gasteiger charge is -2.33. The Balaban J connectivity index is 1.44. The molecule has 12 heteroatoms. The molecule has 6 rings (SSSR count). The average molecular weight is 671 g/mol. The van der Waals surface area contributed by atoms with E-state index in [0.29, 0.717) is 29.4 Å². The van der Waals surface area contributed by atoms with Crippen molar-refractivity contribution in [3.05, 3.63) is 88.5 Å². The van der Waals surface area contributed by atoms with Gasteiger partial charge in [0.15, 0.2) is 0 Å². The highest BCUT2D eigenvalue weighted by Crippen LogP contribution is 2.34. The molecule has 1 fully saturated rings. The third-order valence-corrected chi connectivity index (χ3v) is 10.3. The molecular formula is C36H42N6O5S. The minimum atomic E-state index is -4.17. The second-order valence-electron chi connectivity index (χ2n) is 13.1. The van der Waals surface area contributed by atoms with Crippen molar-refractivity contribution >= 4 is 21.9 Å². The molecule has 0 radical (unpaired) electrons. The minimum Gasteiger partial charge on any atom is -0.475 e. The molecule has 4 bridgehead atoms. The van der Waals surface area contributed by atoms with Gasteiger partial charge in [-0.15, -0.1) is 0 Å². The fourth-order valence-electron chi connectivity index (χ4n) is 6.47. The number of hydrogen-bond acceptors (Lipinski definition) is 9. The predicted molar refractivity (Wildman–Crippen MR) is 182 cm³/mol. The normalized spacial score (nSPS) is 18.3. The summed E-state index contributed by atoms with van der Waals surface area (Å²) in [6.45, 7) is 11.7. The molecule has 1 atom stereocenters. The molecule has 48 heavy (non-hydrogen) atoms. The van der Waals surface area contributed by atoms with Gasteiger partial charge >= 0.3 is 0 Å². The lowest BCUT2D eigenvalue weighted by atomic mass is 9.94. The Hall–Kier alpha value is -4.42. The van der Waals surface area contributed by atoms with Crippen molar-refractivity contribution in [1.29, 1.82) is 0 Å². The Bertz CT molecular complexity index is 1890. The molecule has 1 saturated heterocycles. The SMILES string of the molecule is Cc1cccc(C)c1-c1nc2nc(c1C)OC[C@@H](CC(C)C)N(Cc1ncc(C3CCOCC3)cn1)C(=O)c1cccc(c1)S(=O)(=O)N2. The molecule has 1 N–H and O–H groups in total. The Kier molecular flexibility index (Phi) is 9.75. The lowest BCUT2D eigenvalue weighted by molar-refractivity contribution is 0.0545. The molecule has 0 aliphatic carbocycles. The molecule has 2 aromatic carbocycles. The van der Waals surface area contributed by atoms with Crippen LogP contribution in [0.1, 0.15) is 77.5 Å². The topological polar surface area (TPSA) is 136 Å². The van der Waals surface area contributed by atoms with Crippen LogP contribution >= 0.6 is 0 Å². The van der Waals surface area contributed by atoms with Gasteiger partial charge in [-0.1, -0.05) is 38.1 Å². The average Bonchev–Trinajstić information content (AvgIpc) is 3.07. The highest BCUT2D eigenvalue weighted by molar-refractivity contribution is 7.92. The molecule has 252 valence electrons. The van der Waals surface area contributed by atoms with E-state index in [1.807, 2.05) is 51.4 Å². The maximum absolute atomic E-state index is 14.4. The zero-order valence-electron chi connectivity index (χ0n) is 28.1. The number of fused-ring (bicyclic) bond motifs is 4. The molecule has 0 unspecified atom stereocenters. The van der Waals surface area contributed by atoms with Crippen molar-refractivity contribution in [2.75, 3.05) is 24.5 Å². The van der Waals surface area contributed by atoms with E-state index in [1.165, 1.54) is 12.1 Å². The van der Waals surface area contributed by atoms with E-state index >= 15 is 0 Å². The summed E-state index contributed by atoms with van der Waals surface area (Å²) in [4.78, 5) is 34.6. The van der Waals surface area contributed by atoms with Gasteiger partial charge in [0.05, 0.1) is 23.2 Å². The second kappa shape index (κ2) is 14.0. The van der Waals surface area contributed by atoms with E-state index < -0.39 is 16.1 Å². The summed E-state index contributed by atoms with van der Waals surface area (Å²) in [7, 11) is -4.17. The number of rotatable bonds is 6. The molecule has 0 spiro atoms. The first-order valence-electron chi connectivity index (χ1n) is 16.4. The van der Waals surface area contributed by atoms with Gasteiger partial charge in [0.1, 0.15) is 12.4 Å². The zero-order chi connectivity index (χ0) is 34.0. The van der Waals surface area contributed by atoms with Crippen molar-refractivity contribution in [3.8, 4) is 17.1 Å². The number of nitrogens with one attached hydrogen (secondary N) is 1. The summed E-state index contributed by atoms with van der Waals surface area (Å²) >= 11 is 0. The van der Waals surface area contributed by atoms with Gasteiger partial charge in [0.2, 0.25) is 11.8 Å². The maximum Gasteiger partial charge on any atom is 0.264 e. The first-order chi connectivity index (χ1) is 23.0. The summed E-state index contributed by atoms with van der Waals surface area (Å²) in [5.41, 5.74) is 5.37. The van der Waals surface area contributed by atoms with Crippen LogP contribution in [0.2, 0.25) is 0 Å². The van der Waals surface area contributed by atoms with Crippen LogP contribution in [0.3, 0.4) is 0 Å². The Morgan fingerprint density at radius 2 is 1.67 bits per heavy atom. The summed E-state index contributed by atoms with van der Waals surface area (Å²) in [5.74, 6) is 0.824. The van der Waals surface area contributed by atoms with Crippen molar-refractivity contribution in [2.24, 2.45) is 5.92 Å². The van der Waals surface area contributed by atoms with Gasteiger partial charge in [-0.2, -0.15) is 4.98 Å². The van der Waals surface area contributed by atoms with Gasteiger partial charge < -0.3 is 14.4 Å². The van der Waals surface area contributed by atoms with Crippen molar-refractivity contribution in [2.45, 2.75) is 77.3 Å². The van der Waals surface area contributed by atoms with Gasteiger partial charge in [0.25, 0.3) is 15.9 Å². The quantitative estimate of drug-likeness (QED) is 0.262. The van der Waals surface area contributed by atoms with E-state index in [0.717, 1.165) is 48.3 Å². The molecule has 11 nitrogen and oxygen atoms in total. The highest BCUT2D eigenvalue weighted by Gasteiger charge is 2.31. The van der Waals surface area contributed by atoms with E-state index in [2.05, 4.69) is 33.5 Å². The highest BCUT2D eigenvalue weighted by atomic mass is 32.2. The first kappa shape index (κ1) is 33.5. The molecule has 2 aromatic heterocycles. The van der Waals surface area contributed by atoms with Crippen LogP contribution in [0.4, 0.5) is 5.95 Å². The molecule has 4 aromatic rings. The Morgan fingerprint density at radius 3 is 2.35 bits per heavy atom. The van der Waals surface area contributed by atoms with E-state index in [1.54, 1.807) is 17.0 Å². The lowest BCUT2D eigenvalue weighted by Crippen LogP contribution is -2.44. The summed E-state index contributed by atoms with van der Waals surface area (Å²) in [6.07, 6.45) is 6.15. The van der Waals surface area contributed by atoms with E-state index in [4.69, 9.17) is 14.5 Å².